The molecular weight excluding hydrogens is 302 g/mol. The van der Waals surface area contributed by atoms with Crippen LogP contribution in [0.25, 0.3) is 0 Å². The molecule has 3 N–H and O–H groups in total. The van der Waals surface area contributed by atoms with E-state index in [9.17, 15) is 9.59 Å². The molecule has 0 amide bonds. The molecule has 0 saturated heterocycles. The first-order valence-corrected chi connectivity index (χ1v) is 7.62. The Labute approximate surface area is 131 Å². The third-order valence-corrected chi connectivity index (χ3v) is 4.54. The highest BCUT2D eigenvalue weighted by atomic mass is 35.5. The summed E-state index contributed by atoms with van der Waals surface area (Å²) in [5.41, 5.74) is 2.81. The molecule has 0 fully saturated rings. The number of halogens is 1. The van der Waals surface area contributed by atoms with Crippen molar-refractivity contribution in [3.63, 3.8) is 0 Å². The van der Waals surface area contributed by atoms with Gasteiger partial charge >= 0.3 is 0 Å². The van der Waals surface area contributed by atoms with Gasteiger partial charge in [-0.25, -0.2) is 0 Å². The number of aromatic nitrogens is 2. The minimum Gasteiger partial charge on any atom is -0.343 e. The van der Waals surface area contributed by atoms with Gasteiger partial charge in [-0.05, 0) is 30.5 Å². The number of rotatable bonds is 1. The zero-order chi connectivity index (χ0) is 15.3. The minimum atomic E-state index is -0.368. The van der Waals surface area contributed by atoms with Crippen LogP contribution in [-0.4, -0.2) is 16.0 Å². The van der Waals surface area contributed by atoms with E-state index in [1.807, 2.05) is 18.2 Å². The number of Topliss-reactive ketones (excluding diaryl/α,β-unsaturated/α-hetero) is 1. The van der Waals surface area contributed by atoms with E-state index in [-0.39, 0.29) is 17.3 Å². The predicted molar refractivity (Wildman–Crippen MR) is 84.2 cm³/mol. The third kappa shape index (κ3) is 1.93. The van der Waals surface area contributed by atoms with Crippen LogP contribution in [-0.2, 0) is 4.79 Å². The quantitative estimate of drug-likeness (QED) is 0.757. The van der Waals surface area contributed by atoms with Crippen molar-refractivity contribution < 1.29 is 4.79 Å². The molecule has 0 unspecified atom stereocenters. The number of aromatic amines is 2. The molecule has 0 radical (unpaired) electrons. The molecule has 0 spiro atoms. The van der Waals surface area contributed by atoms with Crippen molar-refractivity contribution in [3.05, 3.63) is 62.0 Å². The van der Waals surface area contributed by atoms with Gasteiger partial charge in [-0.3, -0.25) is 19.8 Å². The van der Waals surface area contributed by atoms with Crippen molar-refractivity contribution in [2.75, 3.05) is 5.32 Å². The number of H-pyrrole nitrogens is 2. The van der Waals surface area contributed by atoms with Crippen LogP contribution in [0.1, 0.15) is 36.3 Å². The minimum absolute atomic E-state index is 0.102. The zero-order valence-electron chi connectivity index (χ0n) is 11.7. The van der Waals surface area contributed by atoms with Gasteiger partial charge in [0.1, 0.15) is 5.82 Å². The lowest BCUT2D eigenvalue weighted by molar-refractivity contribution is -0.116. The lowest BCUT2D eigenvalue weighted by atomic mass is 9.77. The summed E-state index contributed by atoms with van der Waals surface area (Å²) in [6, 6.07) is 7.35. The number of hydrogen-bond donors (Lipinski definition) is 3. The highest BCUT2D eigenvalue weighted by Crippen LogP contribution is 2.43. The Bertz CT molecular complexity index is 862. The maximum Gasteiger partial charge on any atom is 0.270 e. The van der Waals surface area contributed by atoms with Gasteiger partial charge in [-0.1, -0.05) is 23.7 Å². The number of benzene rings is 1. The fourth-order valence-corrected chi connectivity index (χ4v) is 3.58. The largest absolute Gasteiger partial charge is 0.343 e. The lowest BCUT2D eigenvalue weighted by Crippen LogP contribution is -2.29. The molecule has 1 aliphatic heterocycles. The molecule has 1 aromatic carbocycles. The van der Waals surface area contributed by atoms with E-state index in [0.717, 1.165) is 24.1 Å². The molecule has 2 heterocycles. The number of carbonyl (C=O) groups excluding carboxylic acids is 1. The van der Waals surface area contributed by atoms with E-state index >= 15 is 0 Å². The summed E-state index contributed by atoms with van der Waals surface area (Å²) in [5, 5.41) is 9.26. The molecule has 5 nitrogen and oxygen atoms in total. The molecule has 22 heavy (non-hydrogen) atoms. The average molecular weight is 316 g/mol. The number of anilines is 1. The Morgan fingerprint density at radius 2 is 2.00 bits per heavy atom. The van der Waals surface area contributed by atoms with Gasteiger partial charge in [0.2, 0.25) is 0 Å². The van der Waals surface area contributed by atoms with Gasteiger partial charge in [0, 0.05) is 28.6 Å². The van der Waals surface area contributed by atoms with Crippen LogP contribution in [0.4, 0.5) is 5.82 Å². The van der Waals surface area contributed by atoms with Crippen LogP contribution in [0.3, 0.4) is 0 Å². The van der Waals surface area contributed by atoms with Crippen LogP contribution in [0.15, 0.2) is 40.3 Å². The van der Waals surface area contributed by atoms with Crippen molar-refractivity contribution in [1.29, 1.82) is 0 Å². The summed E-state index contributed by atoms with van der Waals surface area (Å²) < 4.78 is 0. The van der Waals surface area contributed by atoms with Crippen molar-refractivity contribution in [2.45, 2.75) is 25.2 Å². The predicted octanol–water partition coefficient (Wildman–Crippen LogP) is 2.92. The van der Waals surface area contributed by atoms with Crippen molar-refractivity contribution >= 4 is 23.2 Å². The fraction of sp³-hybridized carbons (Fsp3) is 0.250. The zero-order valence-corrected chi connectivity index (χ0v) is 12.5. The van der Waals surface area contributed by atoms with Gasteiger partial charge in [-0.2, -0.15) is 0 Å². The second-order valence-corrected chi connectivity index (χ2v) is 6.09. The van der Waals surface area contributed by atoms with E-state index < -0.39 is 0 Å². The molecule has 2 aliphatic rings. The topological polar surface area (TPSA) is 77.8 Å². The number of ketones is 1. The summed E-state index contributed by atoms with van der Waals surface area (Å²) in [7, 11) is 0. The molecule has 1 atom stereocenters. The van der Waals surface area contributed by atoms with E-state index in [2.05, 4.69) is 15.5 Å². The van der Waals surface area contributed by atoms with Crippen LogP contribution in [0, 0.1) is 0 Å². The summed E-state index contributed by atoms with van der Waals surface area (Å²) >= 11 is 6.11. The lowest BCUT2D eigenvalue weighted by Gasteiger charge is -2.31. The standard InChI is InChI=1S/C16H14ClN3O2/c17-9-4-1-3-8(7-9)12-13-10(5-2-6-11(13)21)18-15-14(12)16(22)20-19-15/h1,3-4,7,12H,2,5-6H2,(H3,18,19,20,22)/t12-/m0/s1. The molecule has 1 aromatic heterocycles. The Kier molecular flexibility index (Phi) is 2.97. The Morgan fingerprint density at radius 3 is 2.82 bits per heavy atom. The van der Waals surface area contributed by atoms with Gasteiger partial charge in [0.05, 0.1) is 5.56 Å². The highest BCUT2D eigenvalue weighted by Gasteiger charge is 2.37. The monoisotopic (exact) mass is 315 g/mol. The van der Waals surface area contributed by atoms with Crippen molar-refractivity contribution in [2.24, 2.45) is 0 Å². The smallest absolute Gasteiger partial charge is 0.270 e. The number of hydrogen-bond acceptors (Lipinski definition) is 3. The van der Waals surface area contributed by atoms with Crippen LogP contribution in [0.2, 0.25) is 5.02 Å². The van der Waals surface area contributed by atoms with Gasteiger partial charge in [-0.15, -0.1) is 0 Å². The molecule has 1 aliphatic carbocycles. The normalized spacial score (nSPS) is 20.4. The highest BCUT2D eigenvalue weighted by molar-refractivity contribution is 6.30. The first-order valence-electron chi connectivity index (χ1n) is 7.24. The molecule has 4 rings (SSSR count). The van der Waals surface area contributed by atoms with Crippen LogP contribution < -0.4 is 10.9 Å². The maximum atomic E-state index is 12.5. The van der Waals surface area contributed by atoms with E-state index in [4.69, 9.17) is 11.6 Å². The number of carbonyl (C=O) groups is 1. The molecule has 0 saturated carbocycles. The van der Waals surface area contributed by atoms with Crippen molar-refractivity contribution in [1.82, 2.24) is 10.2 Å². The van der Waals surface area contributed by atoms with E-state index in [0.29, 0.717) is 28.4 Å². The first kappa shape index (κ1) is 13.4. The van der Waals surface area contributed by atoms with Gasteiger partial charge in [0.15, 0.2) is 5.78 Å². The van der Waals surface area contributed by atoms with Gasteiger partial charge < -0.3 is 5.32 Å². The Balaban J connectivity index is 1.98. The second-order valence-electron chi connectivity index (χ2n) is 5.65. The maximum absolute atomic E-state index is 12.5. The Hall–Kier alpha value is -2.27. The second kappa shape index (κ2) is 4.88. The number of nitrogens with one attached hydrogen (secondary N) is 3. The average Bonchev–Trinajstić information content (AvgIpc) is 2.87. The van der Waals surface area contributed by atoms with E-state index in [1.165, 1.54) is 0 Å². The summed E-state index contributed by atoms with van der Waals surface area (Å²) in [4.78, 5) is 24.7. The molecule has 2 aromatic rings. The SMILES string of the molecule is O=C1CCCC2=C1[C@H](c1cccc(Cl)c1)c1c([nH][nH]c1=O)N2. The molecular formula is C16H14ClN3O2. The molecule has 6 heteroatoms. The van der Waals surface area contributed by atoms with Crippen LogP contribution in [0.5, 0.6) is 0 Å². The first-order chi connectivity index (χ1) is 10.6. The molecule has 112 valence electrons. The van der Waals surface area contributed by atoms with Crippen molar-refractivity contribution in [3.8, 4) is 0 Å². The summed E-state index contributed by atoms with van der Waals surface area (Å²) in [6.45, 7) is 0. The molecule has 0 bridgehead atoms. The van der Waals surface area contributed by atoms with Gasteiger partial charge in [0.25, 0.3) is 5.56 Å². The number of allylic oxidation sites excluding steroid dienone is 2. The Morgan fingerprint density at radius 1 is 1.14 bits per heavy atom. The summed E-state index contributed by atoms with van der Waals surface area (Å²) in [5.74, 6) is 0.376. The number of fused-ring (bicyclic) bond motifs is 1. The fourth-order valence-electron chi connectivity index (χ4n) is 3.38. The van der Waals surface area contributed by atoms with Crippen LogP contribution >= 0.6 is 11.6 Å². The summed E-state index contributed by atoms with van der Waals surface area (Å²) in [6.07, 6.45) is 2.16. The third-order valence-electron chi connectivity index (χ3n) is 4.31. The van der Waals surface area contributed by atoms with E-state index in [1.54, 1.807) is 6.07 Å².